The molecule has 2 N–H and O–H groups in total. The van der Waals surface area contributed by atoms with Crippen LogP contribution in [0, 0.1) is 0 Å². The summed E-state index contributed by atoms with van der Waals surface area (Å²) in [6.45, 7) is 9.67. The van der Waals surface area contributed by atoms with Crippen molar-refractivity contribution in [2.45, 2.75) is 13.2 Å². The van der Waals surface area contributed by atoms with E-state index in [2.05, 4.69) is 54.8 Å². The molecule has 4 heterocycles. The highest BCUT2D eigenvalue weighted by Gasteiger charge is 2.23. The largest absolute Gasteiger partial charge is 0.494 e. The Kier molecular flexibility index (Phi) is 7.10. The number of hydrogen-bond donors (Lipinski definition) is 2. The van der Waals surface area contributed by atoms with Crippen molar-refractivity contribution in [3.8, 4) is 17.0 Å². The molecule has 6 rings (SSSR count). The van der Waals surface area contributed by atoms with Gasteiger partial charge in [0.05, 0.1) is 48.8 Å². The Morgan fingerprint density at radius 1 is 1.20 bits per heavy atom. The van der Waals surface area contributed by atoms with Crippen molar-refractivity contribution < 1.29 is 14.3 Å². The van der Waals surface area contributed by atoms with Crippen molar-refractivity contribution in [2.24, 2.45) is 0 Å². The summed E-state index contributed by atoms with van der Waals surface area (Å²) in [4.78, 5) is 26.2. The lowest BCUT2D eigenvalue weighted by Gasteiger charge is -2.25. The molecule has 0 spiro atoms. The van der Waals surface area contributed by atoms with E-state index in [1.54, 1.807) is 13.3 Å². The van der Waals surface area contributed by atoms with Crippen molar-refractivity contribution in [3.63, 3.8) is 0 Å². The number of para-hydroxylation sites is 1. The average molecular weight is 540 g/mol. The predicted octanol–water partition coefficient (Wildman–Crippen LogP) is 4.26. The molecule has 0 radical (unpaired) electrons. The summed E-state index contributed by atoms with van der Waals surface area (Å²) in [5.41, 5.74) is 6.26. The first kappa shape index (κ1) is 25.8. The minimum absolute atomic E-state index is 0.289. The zero-order valence-corrected chi connectivity index (χ0v) is 22.8. The number of benzene rings is 2. The maximum absolute atomic E-state index is 12.3. The Balaban J connectivity index is 1.36. The van der Waals surface area contributed by atoms with Gasteiger partial charge in [-0.1, -0.05) is 24.8 Å². The van der Waals surface area contributed by atoms with Gasteiger partial charge in [-0.05, 0) is 24.3 Å². The monoisotopic (exact) mass is 539 g/mol. The lowest BCUT2D eigenvalue weighted by atomic mass is 10.1. The molecular formula is C30H33N7O3. The number of hydrogen-bond acceptors (Lipinski definition) is 8. The van der Waals surface area contributed by atoms with E-state index in [-0.39, 0.29) is 5.91 Å². The third-order valence-corrected chi connectivity index (χ3v) is 7.40. The van der Waals surface area contributed by atoms with E-state index in [1.807, 2.05) is 31.3 Å². The maximum atomic E-state index is 12.3. The number of carbonyl (C=O) groups is 1. The van der Waals surface area contributed by atoms with E-state index < -0.39 is 0 Å². The zero-order chi connectivity index (χ0) is 27.6. The first-order chi connectivity index (χ1) is 19.6. The number of nitrogens with zero attached hydrogens (tertiary/aromatic N) is 5. The standard InChI is InChI=1S/C30H33N7O3/c1-4-28(38)32-22-17-23(27(39-3)18-25(22)35(2)11-12-36-13-14-36)34-30-31-10-9-21(33-30)29-20-7-5-6-8-24(20)37-15-16-40-19-26(29)37/h4-10,17-18H,1,11-16,19H2,2-3H3,(H,32,38)(H,31,33,34). The van der Waals surface area contributed by atoms with Gasteiger partial charge in [-0.15, -0.1) is 0 Å². The van der Waals surface area contributed by atoms with Gasteiger partial charge in [0.2, 0.25) is 11.9 Å². The first-order valence-corrected chi connectivity index (χ1v) is 13.4. The van der Waals surface area contributed by atoms with Gasteiger partial charge in [0.1, 0.15) is 5.75 Å². The highest BCUT2D eigenvalue weighted by atomic mass is 16.5. The Hall–Kier alpha value is -4.41. The first-order valence-electron chi connectivity index (χ1n) is 13.4. The number of anilines is 4. The summed E-state index contributed by atoms with van der Waals surface area (Å²) < 4.78 is 13.9. The number of nitrogens with one attached hydrogen (secondary N) is 2. The van der Waals surface area contributed by atoms with Crippen LogP contribution in [0.1, 0.15) is 5.69 Å². The van der Waals surface area contributed by atoms with E-state index in [1.165, 1.54) is 11.6 Å². The summed E-state index contributed by atoms with van der Waals surface area (Å²) in [5, 5.41) is 7.40. The van der Waals surface area contributed by atoms with Crippen molar-refractivity contribution in [2.75, 3.05) is 62.5 Å². The average Bonchev–Trinajstić information content (AvgIpc) is 3.76. The molecule has 2 aliphatic heterocycles. The molecule has 1 fully saturated rings. The fourth-order valence-corrected chi connectivity index (χ4v) is 5.19. The van der Waals surface area contributed by atoms with E-state index in [9.17, 15) is 4.79 Å². The van der Waals surface area contributed by atoms with Gasteiger partial charge >= 0.3 is 0 Å². The SMILES string of the molecule is C=CC(=O)Nc1cc(Nc2nccc(-c3c4n(c5ccccc35)CCOC4)n2)c(OC)cc1N(C)CCN1CC1. The molecule has 40 heavy (non-hydrogen) atoms. The fourth-order valence-electron chi connectivity index (χ4n) is 5.19. The smallest absolute Gasteiger partial charge is 0.247 e. The number of likely N-dealkylation sites (N-methyl/N-ethyl adjacent to an activating group) is 1. The minimum atomic E-state index is -0.289. The summed E-state index contributed by atoms with van der Waals surface area (Å²) in [6, 6.07) is 14.1. The molecule has 0 aliphatic carbocycles. The van der Waals surface area contributed by atoms with Crippen molar-refractivity contribution in [1.82, 2.24) is 19.4 Å². The number of methoxy groups -OCH3 is 1. The molecule has 10 nitrogen and oxygen atoms in total. The Labute approximate surface area is 233 Å². The van der Waals surface area contributed by atoms with Gasteiger partial charge in [0, 0.05) is 68.5 Å². The van der Waals surface area contributed by atoms with Gasteiger partial charge in [0.25, 0.3) is 0 Å². The van der Waals surface area contributed by atoms with Crippen LogP contribution < -0.4 is 20.3 Å². The second-order valence-corrected chi connectivity index (χ2v) is 9.96. The molecule has 1 saturated heterocycles. The zero-order valence-electron chi connectivity index (χ0n) is 22.8. The van der Waals surface area contributed by atoms with E-state index in [4.69, 9.17) is 14.5 Å². The lowest BCUT2D eigenvalue weighted by molar-refractivity contribution is -0.111. The number of fused-ring (bicyclic) bond motifs is 3. The molecule has 2 aliphatic rings. The summed E-state index contributed by atoms with van der Waals surface area (Å²) in [6.07, 6.45) is 3.01. The Morgan fingerprint density at radius 3 is 2.85 bits per heavy atom. The number of rotatable bonds is 10. The van der Waals surface area contributed by atoms with Crippen molar-refractivity contribution >= 4 is 39.8 Å². The molecule has 0 saturated carbocycles. The van der Waals surface area contributed by atoms with Gasteiger partial charge in [-0.25, -0.2) is 9.97 Å². The number of carbonyl (C=O) groups excluding carboxylic acids is 1. The third-order valence-electron chi connectivity index (χ3n) is 7.40. The molecule has 10 heteroatoms. The normalized spacial score (nSPS) is 14.4. The number of aromatic nitrogens is 3. The van der Waals surface area contributed by atoms with Crippen LogP contribution >= 0.6 is 0 Å². The van der Waals surface area contributed by atoms with Crippen LogP contribution in [0.3, 0.4) is 0 Å². The minimum Gasteiger partial charge on any atom is -0.494 e. The van der Waals surface area contributed by atoms with Crippen LogP contribution in [-0.2, 0) is 22.7 Å². The van der Waals surface area contributed by atoms with Crippen LogP contribution in [0.25, 0.3) is 22.2 Å². The molecule has 0 unspecified atom stereocenters. The molecule has 0 bridgehead atoms. The Bertz CT molecular complexity index is 1580. The fraction of sp³-hybridized carbons (Fsp3) is 0.300. The topological polar surface area (TPSA) is 96.6 Å². The molecule has 206 valence electrons. The molecule has 1 amide bonds. The van der Waals surface area contributed by atoms with Crippen LogP contribution in [0.15, 0.2) is 61.3 Å². The maximum Gasteiger partial charge on any atom is 0.247 e. The van der Waals surface area contributed by atoms with Crippen LogP contribution in [0.4, 0.5) is 23.0 Å². The van der Waals surface area contributed by atoms with Gasteiger partial charge in [0.15, 0.2) is 0 Å². The molecule has 4 aromatic rings. The summed E-state index contributed by atoms with van der Waals surface area (Å²) in [7, 11) is 3.63. The number of ether oxygens (including phenoxy) is 2. The van der Waals surface area contributed by atoms with E-state index in [0.29, 0.717) is 36.3 Å². The van der Waals surface area contributed by atoms with Gasteiger partial charge < -0.3 is 29.6 Å². The van der Waals surface area contributed by atoms with Crippen LogP contribution in [0.5, 0.6) is 5.75 Å². The van der Waals surface area contributed by atoms with Crippen LogP contribution in [-0.4, -0.2) is 72.3 Å². The molecule has 0 atom stereocenters. The molecule has 2 aromatic heterocycles. The highest BCUT2D eigenvalue weighted by molar-refractivity contribution is 6.02. The van der Waals surface area contributed by atoms with E-state index >= 15 is 0 Å². The second-order valence-electron chi connectivity index (χ2n) is 9.96. The number of amides is 1. The van der Waals surface area contributed by atoms with E-state index in [0.717, 1.165) is 60.7 Å². The van der Waals surface area contributed by atoms with Gasteiger partial charge in [-0.3, -0.25) is 9.69 Å². The van der Waals surface area contributed by atoms with Crippen LogP contribution in [0.2, 0.25) is 0 Å². The predicted molar refractivity (Wildman–Crippen MR) is 157 cm³/mol. The highest BCUT2D eigenvalue weighted by Crippen LogP contribution is 2.39. The second kappa shape index (κ2) is 11.0. The molecular weight excluding hydrogens is 506 g/mol. The van der Waals surface area contributed by atoms with Crippen molar-refractivity contribution in [1.29, 1.82) is 0 Å². The Morgan fingerprint density at radius 2 is 2.05 bits per heavy atom. The summed E-state index contributed by atoms with van der Waals surface area (Å²) in [5.74, 6) is 0.738. The molecule has 2 aromatic carbocycles. The quantitative estimate of drug-likeness (QED) is 0.228. The van der Waals surface area contributed by atoms with Gasteiger partial charge in [-0.2, -0.15) is 0 Å². The summed E-state index contributed by atoms with van der Waals surface area (Å²) >= 11 is 0. The van der Waals surface area contributed by atoms with Crippen molar-refractivity contribution in [3.05, 3.63) is 67.0 Å². The lowest BCUT2D eigenvalue weighted by Crippen LogP contribution is -2.26. The third kappa shape index (κ3) is 5.11.